The molecule has 3 rings (SSSR count). The number of nitrogens with two attached hydrogens (primary N) is 2. The van der Waals surface area contributed by atoms with Gasteiger partial charge in [-0.25, -0.2) is 0 Å². The molecule has 4 N–H and O–H groups in total. The second-order valence-electron chi connectivity index (χ2n) is 6.19. The van der Waals surface area contributed by atoms with Crippen molar-refractivity contribution in [2.75, 3.05) is 26.4 Å². The number of benzene rings is 1. The molecule has 0 unspecified atom stereocenters. The van der Waals surface area contributed by atoms with Crippen LogP contribution in [0.5, 0.6) is 0 Å². The van der Waals surface area contributed by atoms with E-state index in [1.54, 1.807) is 0 Å². The molecule has 2 aliphatic heterocycles. The average Bonchev–Trinajstić information content (AvgIpc) is 3.13. The van der Waals surface area contributed by atoms with Gasteiger partial charge in [-0.2, -0.15) is 0 Å². The van der Waals surface area contributed by atoms with Crippen molar-refractivity contribution < 1.29 is 24.3 Å². The maximum atomic E-state index is 10.8. The first-order valence-electron chi connectivity index (χ1n) is 8.24. The number of fused-ring (bicyclic) bond motifs is 1. The molecule has 1 aromatic rings. The van der Waals surface area contributed by atoms with Gasteiger partial charge in [-0.1, -0.05) is 30.3 Å². The second kappa shape index (κ2) is 7.88. The van der Waals surface area contributed by atoms with Crippen LogP contribution in [-0.2, 0) is 25.4 Å². The van der Waals surface area contributed by atoms with Crippen LogP contribution in [0.3, 0.4) is 0 Å². The molecule has 0 radical (unpaired) electrons. The maximum Gasteiger partial charge on any atom is 0.243 e. The summed E-state index contributed by atoms with van der Waals surface area (Å²) < 4.78 is 17.1. The molecule has 2 heterocycles. The van der Waals surface area contributed by atoms with Crippen molar-refractivity contribution in [3.05, 3.63) is 35.9 Å². The van der Waals surface area contributed by atoms with Gasteiger partial charge in [-0.3, -0.25) is 4.79 Å². The van der Waals surface area contributed by atoms with Crippen molar-refractivity contribution in [3.8, 4) is 0 Å². The predicted molar refractivity (Wildman–Crippen MR) is 83.8 cm³/mol. The maximum absolute atomic E-state index is 10.8. The SMILES string of the molecule is NC(=O)CO[C@@H]1CO[C@H]2[C@@H]1OC[C@@H]2[NH2+]CCCc1ccccc1. The van der Waals surface area contributed by atoms with Crippen molar-refractivity contribution in [3.63, 3.8) is 0 Å². The van der Waals surface area contributed by atoms with E-state index in [9.17, 15) is 4.79 Å². The summed E-state index contributed by atoms with van der Waals surface area (Å²) in [5, 5.41) is 2.31. The number of ether oxygens (including phenoxy) is 3. The number of aryl methyl sites for hydroxylation is 1. The van der Waals surface area contributed by atoms with Gasteiger partial charge < -0.3 is 25.3 Å². The zero-order valence-corrected chi connectivity index (χ0v) is 13.2. The van der Waals surface area contributed by atoms with Crippen LogP contribution in [-0.4, -0.2) is 56.6 Å². The summed E-state index contributed by atoms with van der Waals surface area (Å²) in [6.45, 7) is 2.10. The highest BCUT2D eigenvalue weighted by Gasteiger charge is 2.50. The minimum atomic E-state index is -0.463. The number of amides is 1. The Labute approximate surface area is 136 Å². The normalized spacial score (nSPS) is 29.6. The first kappa shape index (κ1) is 16.4. The van der Waals surface area contributed by atoms with Gasteiger partial charge in [0, 0.05) is 6.42 Å². The zero-order chi connectivity index (χ0) is 16.1. The fourth-order valence-electron chi connectivity index (χ4n) is 3.31. The van der Waals surface area contributed by atoms with Crippen LogP contribution >= 0.6 is 0 Å². The van der Waals surface area contributed by atoms with Crippen molar-refractivity contribution in [1.29, 1.82) is 0 Å². The largest absolute Gasteiger partial charge is 0.368 e. The van der Waals surface area contributed by atoms with E-state index in [-0.39, 0.29) is 24.9 Å². The quantitative estimate of drug-likeness (QED) is 0.615. The molecule has 0 aromatic heterocycles. The van der Waals surface area contributed by atoms with Crippen molar-refractivity contribution in [2.24, 2.45) is 5.73 Å². The minimum absolute atomic E-state index is 0.0459. The number of hydrogen-bond donors (Lipinski definition) is 2. The van der Waals surface area contributed by atoms with Gasteiger partial charge in [0.1, 0.15) is 37.6 Å². The Morgan fingerprint density at radius 1 is 1.22 bits per heavy atom. The monoisotopic (exact) mass is 321 g/mol. The first-order valence-corrected chi connectivity index (χ1v) is 8.24. The second-order valence-corrected chi connectivity index (χ2v) is 6.19. The molecular formula is C17H25N2O4+. The Morgan fingerprint density at radius 3 is 2.78 bits per heavy atom. The molecule has 0 saturated carbocycles. The Hall–Kier alpha value is -1.47. The number of rotatable bonds is 8. The van der Waals surface area contributed by atoms with Crippen LogP contribution < -0.4 is 11.1 Å². The van der Waals surface area contributed by atoms with Gasteiger partial charge in [-0.15, -0.1) is 0 Å². The van der Waals surface area contributed by atoms with Gasteiger partial charge in [0.05, 0.1) is 13.2 Å². The summed E-state index contributed by atoms with van der Waals surface area (Å²) >= 11 is 0. The van der Waals surface area contributed by atoms with Gasteiger partial charge in [0.2, 0.25) is 5.91 Å². The number of carbonyl (C=O) groups excluding carboxylic acids is 1. The van der Waals surface area contributed by atoms with Crippen molar-refractivity contribution >= 4 is 5.91 Å². The highest BCUT2D eigenvalue weighted by Crippen LogP contribution is 2.27. The summed E-state index contributed by atoms with van der Waals surface area (Å²) in [5.74, 6) is -0.463. The van der Waals surface area contributed by atoms with E-state index in [4.69, 9.17) is 19.9 Å². The fraction of sp³-hybridized carbons (Fsp3) is 0.588. The van der Waals surface area contributed by atoms with Crippen LogP contribution in [0.15, 0.2) is 30.3 Å². The van der Waals surface area contributed by atoms with Crippen LogP contribution in [0.1, 0.15) is 12.0 Å². The summed E-state index contributed by atoms with van der Waals surface area (Å²) in [5.41, 5.74) is 6.49. The highest BCUT2D eigenvalue weighted by atomic mass is 16.6. The summed E-state index contributed by atoms with van der Waals surface area (Å²) in [6, 6.07) is 10.8. The minimum Gasteiger partial charge on any atom is -0.368 e. The molecule has 23 heavy (non-hydrogen) atoms. The van der Waals surface area contributed by atoms with Crippen LogP contribution in [0.2, 0.25) is 0 Å². The molecule has 1 amide bonds. The van der Waals surface area contributed by atoms with Gasteiger partial charge in [-0.05, 0) is 12.0 Å². The molecule has 1 aromatic carbocycles. The van der Waals surface area contributed by atoms with E-state index < -0.39 is 5.91 Å². The molecule has 2 fully saturated rings. The first-order chi connectivity index (χ1) is 11.2. The summed E-state index contributed by atoms with van der Waals surface area (Å²) in [4.78, 5) is 10.8. The van der Waals surface area contributed by atoms with Crippen LogP contribution in [0.25, 0.3) is 0 Å². The number of quaternary nitrogens is 1. The predicted octanol–water partition coefficient (Wildman–Crippen LogP) is -0.781. The lowest BCUT2D eigenvalue weighted by Gasteiger charge is -2.15. The molecule has 0 bridgehead atoms. The Morgan fingerprint density at radius 2 is 2.00 bits per heavy atom. The van der Waals surface area contributed by atoms with Crippen molar-refractivity contribution in [2.45, 2.75) is 37.2 Å². The van der Waals surface area contributed by atoms with Gasteiger partial charge in [0.25, 0.3) is 0 Å². The lowest BCUT2D eigenvalue weighted by molar-refractivity contribution is -0.693. The third-order valence-electron chi connectivity index (χ3n) is 4.47. The number of primary amides is 1. The smallest absolute Gasteiger partial charge is 0.243 e. The Bertz CT molecular complexity index is 511. The third-order valence-corrected chi connectivity index (χ3v) is 4.47. The number of carbonyl (C=O) groups is 1. The van der Waals surface area contributed by atoms with E-state index in [1.807, 2.05) is 6.07 Å². The summed E-state index contributed by atoms with van der Waals surface area (Å²) in [6.07, 6.45) is 1.99. The van der Waals surface area contributed by atoms with E-state index >= 15 is 0 Å². The molecular weight excluding hydrogens is 296 g/mol. The van der Waals surface area contributed by atoms with Gasteiger partial charge >= 0.3 is 0 Å². The van der Waals surface area contributed by atoms with Gasteiger partial charge in [0.15, 0.2) is 0 Å². The molecule has 6 heteroatoms. The van der Waals surface area contributed by atoms with E-state index in [0.717, 1.165) is 19.4 Å². The fourth-order valence-corrected chi connectivity index (χ4v) is 3.31. The highest BCUT2D eigenvalue weighted by molar-refractivity contribution is 5.75. The standard InChI is InChI=1S/C17H24N2O4/c18-15(20)11-21-14-10-23-16-13(9-22-17(14)16)19-8-4-7-12-5-2-1-3-6-12/h1-3,5-6,13-14,16-17,19H,4,7-11H2,(H2,18,20)/p+1/t13-,14+,16+,17+/m0/s1. The summed E-state index contributed by atoms with van der Waals surface area (Å²) in [7, 11) is 0. The average molecular weight is 321 g/mol. The Kier molecular flexibility index (Phi) is 5.61. The van der Waals surface area contributed by atoms with Crippen LogP contribution in [0.4, 0.5) is 0 Å². The molecule has 0 aliphatic carbocycles. The zero-order valence-electron chi connectivity index (χ0n) is 13.2. The molecule has 4 atom stereocenters. The lowest BCUT2D eigenvalue weighted by Crippen LogP contribution is -2.92. The Balaban J connectivity index is 1.38. The third kappa shape index (κ3) is 4.29. The molecule has 2 aliphatic rings. The molecule has 6 nitrogen and oxygen atoms in total. The van der Waals surface area contributed by atoms with E-state index in [2.05, 4.69) is 29.6 Å². The van der Waals surface area contributed by atoms with Crippen molar-refractivity contribution in [1.82, 2.24) is 0 Å². The molecule has 2 saturated heterocycles. The lowest BCUT2D eigenvalue weighted by atomic mass is 10.1. The topological polar surface area (TPSA) is 87.4 Å². The molecule has 0 spiro atoms. The number of hydrogen-bond acceptors (Lipinski definition) is 4. The van der Waals surface area contributed by atoms with Crippen LogP contribution in [0, 0.1) is 0 Å². The molecule has 126 valence electrons. The van der Waals surface area contributed by atoms with E-state index in [1.165, 1.54) is 5.56 Å². The van der Waals surface area contributed by atoms with E-state index in [0.29, 0.717) is 19.3 Å².